The van der Waals surface area contributed by atoms with Gasteiger partial charge in [-0.15, -0.1) is 0 Å². The normalized spacial score (nSPS) is 20.3. The molecule has 1 saturated heterocycles. The summed E-state index contributed by atoms with van der Waals surface area (Å²) < 4.78 is 14.1. The fourth-order valence-electron chi connectivity index (χ4n) is 4.59. The van der Waals surface area contributed by atoms with E-state index in [1.165, 1.54) is 6.07 Å². The second-order valence-electron chi connectivity index (χ2n) is 7.86. The number of hydrogen-bond acceptors (Lipinski definition) is 2. The van der Waals surface area contributed by atoms with E-state index in [1.54, 1.807) is 12.1 Å². The van der Waals surface area contributed by atoms with Crippen LogP contribution < -0.4 is 0 Å². The Bertz CT molecular complexity index is 934. The van der Waals surface area contributed by atoms with E-state index in [-0.39, 0.29) is 29.8 Å². The van der Waals surface area contributed by atoms with Crippen LogP contribution in [0, 0.1) is 11.7 Å². The Morgan fingerprint density at radius 3 is 2.34 bits per heavy atom. The summed E-state index contributed by atoms with van der Waals surface area (Å²) in [6.07, 6.45) is 2.62. The molecule has 1 aliphatic heterocycles. The number of Topliss-reactive ketones (excluding diaryl/α,β-unsaturated/α-hetero) is 1. The Kier molecular flexibility index (Phi) is 5.93. The van der Waals surface area contributed by atoms with Gasteiger partial charge in [-0.3, -0.25) is 9.59 Å². The summed E-state index contributed by atoms with van der Waals surface area (Å²) in [7, 11) is 0. The molecule has 29 heavy (non-hydrogen) atoms. The highest BCUT2D eigenvalue weighted by Gasteiger charge is 2.33. The van der Waals surface area contributed by atoms with Gasteiger partial charge in [0.1, 0.15) is 5.82 Å². The van der Waals surface area contributed by atoms with E-state index in [2.05, 4.69) is 0 Å². The number of amides is 1. The van der Waals surface area contributed by atoms with E-state index in [1.807, 2.05) is 23.1 Å². The summed E-state index contributed by atoms with van der Waals surface area (Å²) in [5.41, 5.74) is 1.82. The molecule has 0 radical (unpaired) electrons. The van der Waals surface area contributed by atoms with Crippen LogP contribution in [0.5, 0.6) is 0 Å². The summed E-state index contributed by atoms with van der Waals surface area (Å²) in [4.78, 5) is 27.5. The molecule has 0 saturated carbocycles. The van der Waals surface area contributed by atoms with Crippen LogP contribution in [0.15, 0.2) is 36.4 Å². The molecule has 1 unspecified atom stereocenters. The summed E-state index contributed by atoms with van der Waals surface area (Å²) in [6, 6.07) is 10.1. The van der Waals surface area contributed by atoms with E-state index < -0.39 is 5.92 Å². The zero-order valence-electron chi connectivity index (χ0n) is 16.0. The van der Waals surface area contributed by atoms with Gasteiger partial charge in [0.25, 0.3) is 0 Å². The monoisotopic (exact) mass is 433 g/mol. The number of piperidine rings is 1. The van der Waals surface area contributed by atoms with Crippen molar-refractivity contribution in [3.8, 4) is 0 Å². The number of rotatable bonds is 2. The number of halogens is 3. The topological polar surface area (TPSA) is 37.4 Å². The third-order valence-electron chi connectivity index (χ3n) is 6.16. The Morgan fingerprint density at radius 1 is 1.00 bits per heavy atom. The average molecular weight is 434 g/mol. The van der Waals surface area contributed by atoms with Crippen LogP contribution in [0.3, 0.4) is 0 Å². The van der Waals surface area contributed by atoms with Crippen LogP contribution in [0.4, 0.5) is 4.39 Å². The molecule has 0 N–H and O–H groups in total. The number of benzene rings is 2. The van der Waals surface area contributed by atoms with Gasteiger partial charge in [-0.2, -0.15) is 0 Å². The first-order valence-electron chi connectivity index (χ1n) is 9.99. The highest BCUT2D eigenvalue weighted by molar-refractivity contribution is 6.36. The molecule has 2 aliphatic rings. The molecule has 0 bridgehead atoms. The number of carbonyl (C=O) groups is 2. The molecule has 1 amide bonds. The lowest BCUT2D eigenvalue weighted by Crippen LogP contribution is -2.41. The molecule has 1 fully saturated rings. The molecule has 4 rings (SSSR count). The lowest BCUT2D eigenvalue weighted by Gasteiger charge is -2.34. The largest absolute Gasteiger partial charge is 0.342 e. The van der Waals surface area contributed by atoms with Crippen molar-refractivity contribution < 1.29 is 14.0 Å². The Morgan fingerprint density at radius 2 is 1.66 bits per heavy atom. The standard InChI is InChI=1S/C23H22Cl2FNO2/c24-18-4-2-5-19(25)22(18)14-9-11-27(12-10-14)23(29)15-7-8-16-17(21(28)13-15)3-1-6-20(16)26/h1-6,14-15H,7-13H2. The first-order chi connectivity index (χ1) is 14.0. The maximum atomic E-state index is 14.1. The van der Waals surface area contributed by atoms with Gasteiger partial charge >= 0.3 is 0 Å². The van der Waals surface area contributed by atoms with Gasteiger partial charge in [-0.05, 0) is 60.9 Å². The smallest absolute Gasteiger partial charge is 0.226 e. The van der Waals surface area contributed by atoms with Gasteiger partial charge in [-0.25, -0.2) is 4.39 Å². The minimum atomic E-state index is -0.394. The van der Waals surface area contributed by atoms with Gasteiger partial charge in [0.05, 0.1) is 0 Å². The van der Waals surface area contributed by atoms with Crippen molar-refractivity contribution in [1.29, 1.82) is 0 Å². The molecule has 6 heteroatoms. The predicted molar refractivity (Wildman–Crippen MR) is 112 cm³/mol. The molecular formula is C23H22Cl2FNO2. The van der Waals surface area contributed by atoms with Crippen LogP contribution in [0.25, 0.3) is 0 Å². The quantitative estimate of drug-likeness (QED) is 0.571. The van der Waals surface area contributed by atoms with Crippen molar-refractivity contribution in [2.75, 3.05) is 13.1 Å². The van der Waals surface area contributed by atoms with Crippen molar-refractivity contribution in [1.82, 2.24) is 4.90 Å². The molecular weight excluding hydrogens is 412 g/mol. The second-order valence-corrected chi connectivity index (χ2v) is 8.68. The van der Waals surface area contributed by atoms with E-state index in [0.29, 0.717) is 47.1 Å². The molecule has 152 valence electrons. The van der Waals surface area contributed by atoms with Gasteiger partial charge in [-0.1, -0.05) is 41.4 Å². The van der Waals surface area contributed by atoms with Crippen LogP contribution in [-0.2, 0) is 11.2 Å². The van der Waals surface area contributed by atoms with Gasteiger partial charge in [0.15, 0.2) is 5.78 Å². The molecule has 3 nitrogen and oxygen atoms in total. The minimum Gasteiger partial charge on any atom is -0.342 e. The zero-order valence-corrected chi connectivity index (χ0v) is 17.5. The van der Waals surface area contributed by atoms with Crippen molar-refractivity contribution in [2.45, 2.75) is 38.0 Å². The summed E-state index contributed by atoms with van der Waals surface area (Å²) in [5.74, 6) is -0.686. The molecule has 1 heterocycles. The zero-order chi connectivity index (χ0) is 20.5. The molecule has 2 aromatic rings. The highest BCUT2D eigenvalue weighted by atomic mass is 35.5. The van der Waals surface area contributed by atoms with E-state index >= 15 is 0 Å². The van der Waals surface area contributed by atoms with Crippen LogP contribution in [0.2, 0.25) is 10.0 Å². The fraction of sp³-hybridized carbons (Fsp3) is 0.391. The van der Waals surface area contributed by atoms with Crippen molar-refractivity contribution in [2.24, 2.45) is 5.92 Å². The fourth-order valence-corrected chi connectivity index (χ4v) is 5.29. The predicted octanol–water partition coefficient (Wildman–Crippen LogP) is 5.67. The Balaban J connectivity index is 1.43. The van der Waals surface area contributed by atoms with Gasteiger partial charge in [0.2, 0.25) is 5.91 Å². The second kappa shape index (κ2) is 8.45. The Labute approximate surface area is 179 Å². The lowest BCUT2D eigenvalue weighted by atomic mass is 9.88. The molecule has 2 aromatic carbocycles. The first-order valence-corrected chi connectivity index (χ1v) is 10.7. The summed E-state index contributed by atoms with van der Waals surface area (Å²) >= 11 is 12.7. The van der Waals surface area contributed by atoms with Crippen molar-refractivity contribution in [3.63, 3.8) is 0 Å². The third-order valence-corrected chi connectivity index (χ3v) is 6.82. The number of ketones is 1. The van der Waals surface area contributed by atoms with E-state index in [4.69, 9.17) is 23.2 Å². The van der Waals surface area contributed by atoms with Crippen molar-refractivity contribution in [3.05, 3.63) is 69.0 Å². The third kappa shape index (κ3) is 4.06. The number of fused-ring (bicyclic) bond motifs is 1. The van der Waals surface area contributed by atoms with Gasteiger partial charge in [0, 0.05) is 41.0 Å². The van der Waals surface area contributed by atoms with Crippen LogP contribution in [0.1, 0.15) is 53.1 Å². The summed E-state index contributed by atoms with van der Waals surface area (Å²) in [5, 5.41) is 1.33. The highest BCUT2D eigenvalue weighted by Crippen LogP contribution is 2.38. The SMILES string of the molecule is O=C1CC(C(=O)N2CCC(c3c(Cl)cccc3Cl)CC2)CCc2c(F)cccc21. The van der Waals surface area contributed by atoms with Gasteiger partial charge < -0.3 is 4.90 Å². The molecule has 0 spiro atoms. The summed E-state index contributed by atoms with van der Waals surface area (Å²) in [6.45, 7) is 1.22. The first kappa shape index (κ1) is 20.4. The Hall–Kier alpha value is -1.91. The van der Waals surface area contributed by atoms with E-state index in [0.717, 1.165) is 18.4 Å². The number of likely N-dealkylation sites (tertiary alicyclic amines) is 1. The van der Waals surface area contributed by atoms with Crippen molar-refractivity contribution >= 4 is 34.9 Å². The molecule has 1 aliphatic carbocycles. The minimum absolute atomic E-state index is 0.00438. The number of nitrogens with zero attached hydrogens (tertiary/aromatic N) is 1. The maximum Gasteiger partial charge on any atom is 0.226 e. The van der Waals surface area contributed by atoms with Crippen LogP contribution >= 0.6 is 23.2 Å². The molecule has 0 aromatic heterocycles. The maximum absolute atomic E-state index is 14.1. The lowest BCUT2D eigenvalue weighted by molar-refractivity contribution is -0.136. The average Bonchev–Trinajstić information content (AvgIpc) is 2.88. The van der Waals surface area contributed by atoms with E-state index in [9.17, 15) is 14.0 Å². The van der Waals surface area contributed by atoms with Crippen LogP contribution in [-0.4, -0.2) is 29.7 Å². The molecule has 1 atom stereocenters. The number of carbonyl (C=O) groups excluding carboxylic acids is 2. The number of hydrogen-bond donors (Lipinski definition) is 0.